The summed E-state index contributed by atoms with van der Waals surface area (Å²) in [7, 11) is 0. The summed E-state index contributed by atoms with van der Waals surface area (Å²) < 4.78 is 92.1. The fourth-order valence-electron chi connectivity index (χ4n) is 3.19. The molecule has 0 fully saturated rings. The van der Waals surface area contributed by atoms with Crippen LogP contribution in [0.3, 0.4) is 0 Å². The molecular formula is C25H16F5NO7. The van der Waals surface area contributed by atoms with E-state index in [1.807, 2.05) is 0 Å². The molecule has 0 atom stereocenters. The quantitative estimate of drug-likeness (QED) is 0.0938. The highest BCUT2D eigenvalue weighted by Gasteiger charge is 2.27. The molecule has 0 spiro atoms. The van der Waals surface area contributed by atoms with Crippen molar-refractivity contribution in [2.45, 2.75) is 13.5 Å². The molecule has 198 valence electrons. The minimum absolute atomic E-state index is 0.000640. The predicted octanol–water partition coefficient (Wildman–Crippen LogP) is 5.26. The lowest BCUT2D eigenvalue weighted by Gasteiger charge is -2.10. The van der Waals surface area contributed by atoms with Crippen LogP contribution >= 0.6 is 0 Å². The van der Waals surface area contributed by atoms with E-state index in [1.165, 1.54) is 18.2 Å². The largest absolute Gasteiger partial charge is 0.487 e. The Morgan fingerprint density at radius 3 is 2.13 bits per heavy atom. The maximum Gasteiger partial charge on any atom is 0.349 e. The topological polar surface area (TPSA) is 97.1 Å². The third-order valence-electron chi connectivity index (χ3n) is 4.99. The number of rotatable bonds is 9. The van der Waals surface area contributed by atoms with Gasteiger partial charge in [-0.15, -0.1) is 0 Å². The molecule has 38 heavy (non-hydrogen) atoms. The van der Waals surface area contributed by atoms with Crippen LogP contribution in [-0.2, 0) is 16.1 Å². The molecular weight excluding hydrogens is 521 g/mol. The number of halogens is 5. The average Bonchev–Trinajstić information content (AvgIpc) is 3.32. The Balaban J connectivity index is 1.37. The van der Waals surface area contributed by atoms with E-state index >= 15 is 0 Å². The molecule has 4 aromatic rings. The molecule has 0 aliphatic carbocycles. The maximum absolute atomic E-state index is 13.7. The first-order valence-corrected chi connectivity index (χ1v) is 10.8. The number of fused-ring (bicyclic) bond motifs is 1. The molecule has 0 aliphatic heterocycles. The molecule has 0 N–H and O–H groups in total. The van der Waals surface area contributed by atoms with Crippen LogP contribution < -0.4 is 14.2 Å². The van der Waals surface area contributed by atoms with Gasteiger partial charge in [-0.3, -0.25) is 0 Å². The molecule has 1 aromatic heterocycles. The van der Waals surface area contributed by atoms with Crippen LogP contribution in [-0.4, -0.2) is 30.3 Å². The van der Waals surface area contributed by atoms with Gasteiger partial charge in [0.1, 0.15) is 23.8 Å². The second kappa shape index (κ2) is 11.2. The second-order valence-corrected chi connectivity index (χ2v) is 7.48. The Kier molecular flexibility index (Phi) is 7.74. The van der Waals surface area contributed by atoms with Crippen molar-refractivity contribution in [3.63, 3.8) is 0 Å². The van der Waals surface area contributed by atoms with Crippen LogP contribution in [0, 0.1) is 29.1 Å². The number of nitrogens with zero attached hydrogens (tertiary/aromatic N) is 1. The maximum atomic E-state index is 13.7. The monoisotopic (exact) mass is 537 g/mol. The SMILES string of the molecule is CCOC(=O)c1ccc(OCc2noc3cc(OC(=O)COc4c(F)c(F)c(F)c(F)c4F)ccc23)cc1. The molecule has 0 saturated carbocycles. The minimum atomic E-state index is -2.35. The van der Waals surface area contributed by atoms with Crippen LogP contribution in [0.1, 0.15) is 23.0 Å². The molecule has 0 amide bonds. The summed E-state index contributed by atoms with van der Waals surface area (Å²) in [6.07, 6.45) is 0. The molecule has 0 bridgehead atoms. The van der Waals surface area contributed by atoms with Crippen molar-refractivity contribution in [3.8, 4) is 17.2 Å². The van der Waals surface area contributed by atoms with Gasteiger partial charge in [-0.1, -0.05) is 5.16 Å². The van der Waals surface area contributed by atoms with E-state index in [0.717, 1.165) is 0 Å². The zero-order chi connectivity index (χ0) is 27.4. The molecule has 0 aliphatic rings. The second-order valence-electron chi connectivity index (χ2n) is 7.48. The Hall–Kier alpha value is -4.68. The van der Waals surface area contributed by atoms with E-state index in [0.29, 0.717) is 22.4 Å². The van der Waals surface area contributed by atoms with E-state index in [-0.39, 0.29) is 24.5 Å². The molecule has 13 heteroatoms. The first-order valence-electron chi connectivity index (χ1n) is 10.8. The highest BCUT2D eigenvalue weighted by atomic mass is 19.2. The number of hydrogen-bond acceptors (Lipinski definition) is 8. The lowest BCUT2D eigenvalue weighted by Crippen LogP contribution is -2.19. The van der Waals surface area contributed by atoms with Gasteiger partial charge in [0.05, 0.1) is 12.2 Å². The van der Waals surface area contributed by atoms with Crippen molar-refractivity contribution >= 4 is 22.9 Å². The van der Waals surface area contributed by atoms with Crippen molar-refractivity contribution < 1.29 is 55.0 Å². The lowest BCUT2D eigenvalue weighted by molar-refractivity contribution is -0.136. The fourth-order valence-corrected chi connectivity index (χ4v) is 3.19. The summed E-state index contributed by atoms with van der Waals surface area (Å²) in [6.45, 7) is 0.803. The number of carbonyl (C=O) groups excluding carboxylic acids is 2. The smallest absolute Gasteiger partial charge is 0.349 e. The van der Waals surface area contributed by atoms with Crippen molar-refractivity contribution in [2.75, 3.05) is 13.2 Å². The molecule has 4 rings (SSSR count). The van der Waals surface area contributed by atoms with Gasteiger partial charge in [-0.05, 0) is 43.3 Å². The van der Waals surface area contributed by atoms with Gasteiger partial charge in [0, 0.05) is 11.5 Å². The van der Waals surface area contributed by atoms with E-state index in [1.54, 1.807) is 31.2 Å². The van der Waals surface area contributed by atoms with E-state index in [4.69, 9.17) is 18.7 Å². The molecule has 8 nitrogen and oxygen atoms in total. The van der Waals surface area contributed by atoms with Crippen molar-refractivity contribution in [3.05, 3.63) is 82.8 Å². The zero-order valence-electron chi connectivity index (χ0n) is 19.4. The highest BCUT2D eigenvalue weighted by molar-refractivity contribution is 5.89. The van der Waals surface area contributed by atoms with Crippen LogP contribution in [0.25, 0.3) is 11.0 Å². The number of carbonyl (C=O) groups is 2. The van der Waals surface area contributed by atoms with E-state index in [9.17, 15) is 31.5 Å². The van der Waals surface area contributed by atoms with Crippen LogP contribution in [0.15, 0.2) is 47.0 Å². The number of benzene rings is 3. The Bertz CT molecular complexity index is 1480. The van der Waals surface area contributed by atoms with Crippen LogP contribution in [0.2, 0.25) is 0 Å². The Labute approximate surface area is 210 Å². The first kappa shape index (κ1) is 26.4. The summed E-state index contributed by atoms with van der Waals surface area (Å²) in [5.74, 6) is -14.1. The number of ether oxygens (including phenoxy) is 4. The molecule has 0 unspecified atom stereocenters. The highest BCUT2D eigenvalue weighted by Crippen LogP contribution is 2.29. The number of hydrogen-bond donors (Lipinski definition) is 0. The number of aromatic nitrogens is 1. The van der Waals surface area contributed by atoms with Gasteiger partial charge >= 0.3 is 11.9 Å². The summed E-state index contributed by atoms with van der Waals surface area (Å²) in [5, 5.41) is 4.41. The molecule has 0 saturated heterocycles. The minimum Gasteiger partial charge on any atom is -0.487 e. The van der Waals surface area contributed by atoms with E-state index < -0.39 is 53.4 Å². The van der Waals surface area contributed by atoms with Gasteiger partial charge in [0.2, 0.25) is 29.1 Å². The third-order valence-corrected chi connectivity index (χ3v) is 4.99. The standard InChI is InChI=1S/C25H16F5NO7/c1-2-34-25(33)12-3-5-13(6-4-12)35-10-16-15-8-7-14(9-17(15)38-31-16)37-18(32)11-36-24-22(29)20(27)19(26)21(28)23(24)30/h3-9H,2,10-11H2,1H3. The first-order chi connectivity index (χ1) is 18.2. The van der Waals surface area contributed by atoms with Crippen molar-refractivity contribution in [1.29, 1.82) is 0 Å². The van der Waals surface area contributed by atoms with Gasteiger partial charge in [0.15, 0.2) is 17.9 Å². The summed E-state index contributed by atoms with van der Waals surface area (Å²) in [6, 6.07) is 10.4. The van der Waals surface area contributed by atoms with Crippen LogP contribution in [0.4, 0.5) is 22.0 Å². The lowest BCUT2D eigenvalue weighted by atomic mass is 10.2. The fraction of sp³-hybridized carbons (Fsp3) is 0.160. The zero-order valence-corrected chi connectivity index (χ0v) is 19.4. The normalized spacial score (nSPS) is 10.9. The average molecular weight is 537 g/mol. The van der Waals surface area contributed by atoms with Gasteiger partial charge in [-0.25, -0.2) is 22.8 Å². The van der Waals surface area contributed by atoms with Crippen molar-refractivity contribution in [1.82, 2.24) is 5.16 Å². The van der Waals surface area contributed by atoms with Gasteiger partial charge < -0.3 is 23.5 Å². The van der Waals surface area contributed by atoms with Crippen molar-refractivity contribution in [2.24, 2.45) is 0 Å². The Morgan fingerprint density at radius 2 is 1.47 bits per heavy atom. The van der Waals surface area contributed by atoms with E-state index in [2.05, 4.69) is 9.89 Å². The summed E-state index contributed by atoms with van der Waals surface area (Å²) in [4.78, 5) is 23.7. The number of esters is 2. The molecule has 0 radical (unpaired) electrons. The van der Waals surface area contributed by atoms with Gasteiger partial charge in [-0.2, -0.15) is 8.78 Å². The van der Waals surface area contributed by atoms with Gasteiger partial charge in [0.25, 0.3) is 0 Å². The molecule has 3 aromatic carbocycles. The predicted molar refractivity (Wildman–Crippen MR) is 118 cm³/mol. The molecule has 1 heterocycles. The Morgan fingerprint density at radius 1 is 0.842 bits per heavy atom. The summed E-state index contributed by atoms with van der Waals surface area (Å²) in [5.41, 5.74) is 0.972. The third kappa shape index (κ3) is 5.51. The summed E-state index contributed by atoms with van der Waals surface area (Å²) >= 11 is 0. The van der Waals surface area contributed by atoms with Crippen LogP contribution in [0.5, 0.6) is 17.2 Å².